The number of nitrogens with one attached hydrogen (secondary N) is 1. The maximum Gasteiger partial charge on any atom is 0.337 e. The zero-order valence-electron chi connectivity index (χ0n) is 28.4. The summed E-state index contributed by atoms with van der Waals surface area (Å²) in [5.74, 6) is -2.22. The Hall–Kier alpha value is -6.49. The van der Waals surface area contributed by atoms with Crippen molar-refractivity contribution in [3.05, 3.63) is 165 Å². The van der Waals surface area contributed by atoms with Crippen LogP contribution in [0.3, 0.4) is 0 Å². The van der Waals surface area contributed by atoms with E-state index in [9.17, 15) is 19.7 Å². The van der Waals surface area contributed by atoms with Gasteiger partial charge in [0.25, 0.3) is 0 Å². The number of carbonyl (C=O) groups excluding carboxylic acids is 2. The van der Waals surface area contributed by atoms with E-state index in [1.807, 2.05) is 91.0 Å². The molecule has 1 aliphatic rings. The second kappa shape index (κ2) is 15.4. The summed E-state index contributed by atoms with van der Waals surface area (Å²) in [6.45, 7) is 5.46. The minimum Gasteiger partial charge on any atom is -0.487 e. The number of esters is 2. The lowest BCUT2D eigenvalue weighted by atomic mass is 9.79. The number of rotatable bonds is 12. The Kier molecular flexibility index (Phi) is 10.4. The Morgan fingerprint density at radius 1 is 0.804 bits per heavy atom. The number of nitro benzene ring substituents is 1. The van der Waals surface area contributed by atoms with Crippen LogP contribution in [0.1, 0.15) is 43.4 Å². The average Bonchev–Trinajstić information content (AvgIpc) is 3.59. The van der Waals surface area contributed by atoms with Gasteiger partial charge in [-0.15, -0.1) is 0 Å². The van der Waals surface area contributed by atoms with Crippen molar-refractivity contribution < 1.29 is 28.7 Å². The van der Waals surface area contributed by atoms with Crippen LogP contribution in [0.25, 0.3) is 16.9 Å². The number of hydrogen-bond acceptors (Lipinski definition) is 9. The second-order valence-corrected chi connectivity index (χ2v) is 11.8. The highest BCUT2D eigenvalue weighted by Gasteiger charge is 2.41. The highest BCUT2D eigenvalue weighted by molar-refractivity contribution is 6.00. The highest BCUT2D eigenvalue weighted by atomic mass is 16.6. The molecular weight excluding hydrogens is 648 g/mol. The maximum absolute atomic E-state index is 14.2. The van der Waals surface area contributed by atoms with Gasteiger partial charge < -0.3 is 19.5 Å². The fourth-order valence-corrected chi connectivity index (χ4v) is 6.07. The van der Waals surface area contributed by atoms with E-state index in [1.165, 1.54) is 12.1 Å². The zero-order chi connectivity index (χ0) is 35.9. The predicted octanol–water partition coefficient (Wildman–Crippen LogP) is 7.57. The molecule has 2 heterocycles. The van der Waals surface area contributed by atoms with E-state index in [0.29, 0.717) is 33.9 Å². The minimum atomic E-state index is -1.03. The van der Waals surface area contributed by atoms with Crippen molar-refractivity contribution in [3.63, 3.8) is 0 Å². The molecule has 11 nitrogen and oxygen atoms in total. The van der Waals surface area contributed by atoms with Crippen LogP contribution in [-0.2, 0) is 32.3 Å². The number of para-hydroxylation sites is 1. The average molecular weight is 685 g/mol. The monoisotopic (exact) mass is 684 g/mol. The lowest BCUT2D eigenvalue weighted by molar-refractivity contribution is -0.385. The first-order valence-corrected chi connectivity index (χ1v) is 16.4. The van der Waals surface area contributed by atoms with Crippen molar-refractivity contribution in [2.75, 3.05) is 6.61 Å². The number of nitrogens with zero attached hydrogens (tertiary/aromatic N) is 3. The standard InChI is InChI=1S/C40H36N4O7/c1-4-49-34-21-20-30(22-33(34)44(47)48)38-32(23-43(42-38)31-18-12-7-13-19-31)37-35(39(45)50-24-28-14-8-5-9-15-28)26(2)41-27(3)36(37)40(46)51-25-29-16-10-6-11-17-29/h5-23,37,41H,4,24-25H2,1-3H3. The Morgan fingerprint density at radius 3 is 1.84 bits per heavy atom. The van der Waals surface area contributed by atoms with Gasteiger partial charge in [0.2, 0.25) is 0 Å². The summed E-state index contributed by atoms with van der Waals surface area (Å²) in [6.07, 6.45) is 1.73. The number of allylic oxidation sites excluding steroid dienone is 2. The zero-order valence-corrected chi connectivity index (χ0v) is 28.4. The van der Waals surface area contributed by atoms with Gasteiger partial charge in [0.15, 0.2) is 5.75 Å². The molecule has 4 aromatic carbocycles. The molecule has 1 aromatic heterocycles. The molecule has 0 spiro atoms. The summed E-state index contributed by atoms with van der Waals surface area (Å²) < 4.78 is 18.9. The third-order valence-electron chi connectivity index (χ3n) is 8.43. The van der Waals surface area contributed by atoms with Crippen LogP contribution in [0.5, 0.6) is 5.75 Å². The molecule has 1 N–H and O–H groups in total. The van der Waals surface area contributed by atoms with Crippen LogP contribution in [0.4, 0.5) is 5.69 Å². The molecular formula is C40H36N4O7. The molecule has 0 saturated heterocycles. The molecule has 0 aliphatic carbocycles. The summed E-state index contributed by atoms with van der Waals surface area (Å²) in [5.41, 5.74) is 4.49. The topological polar surface area (TPSA) is 135 Å². The van der Waals surface area contributed by atoms with Gasteiger partial charge in [0, 0.05) is 34.8 Å². The summed E-state index contributed by atoms with van der Waals surface area (Å²) in [6, 6.07) is 32.4. The largest absolute Gasteiger partial charge is 0.487 e. The Bertz CT molecular complexity index is 2050. The van der Waals surface area contributed by atoms with Crippen LogP contribution in [-0.4, -0.2) is 33.2 Å². The smallest absolute Gasteiger partial charge is 0.337 e. The molecule has 0 saturated carbocycles. The number of carbonyl (C=O) groups is 2. The lowest BCUT2D eigenvalue weighted by Crippen LogP contribution is -2.32. The number of hydrogen-bond donors (Lipinski definition) is 1. The Morgan fingerprint density at radius 2 is 1.33 bits per heavy atom. The SMILES string of the molecule is CCOc1ccc(-c2nn(-c3ccccc3)cc2C2C(C(=O)OCc3ccccc3)=C(C)NC(C)=C2C(=O)OCc2ccccc2)cc1[N+](=O)[O-]. The molecule has 0 atom stereocenters. The van der Waals surface area contributed by atoms with Crippen molar-refractivity contribution >= 4 is 17.6 Å². The first-order valence-electron chi connectivity index (χ1n) is 16.4. The van der Waals surface area contributed by atoms with Crippen LogP contribution in [0.15, 0.2) is 138 Å². The molecule has 1 aliphatic heterocycles. The Labute approximate surface area is 294 Å². The third-order valence-corrected chi connectivity index (χ3v) is 8.43. The van der Waals surface area contributed by atoms with Gasteiger partial charge in [-0.05, 0) is 56.2 Å². The van der Waals surface area contributed by atoms with Crippen molar-refractivity contribution in [3.8, 4) is 22.7 Å². The first-order chi connectivity index (χ1) is 24.7. The van der Waals surface area contributed by atoms with E-state index < -0.39 is 22.8 Å². The molecule has 258 valence electrons. The van der Waals surface area contributed by atoms with Crippen LogP contribution in [0.2, 0.25) is 0 Å². The van der Waals surface area contributed by atoms with E-state index in [-0.39, 0.29) is 42.4 Å². The van der Waals surface area contributed by atoms with Gasteiger partial charge in [-0.2, -0.15) is 5.10 Å². The van der Waals surface area contributed by atoms with E-state index >= 15 is 0 Å². The molecule has 0 bridgehead atoms. The molecule has 6 rings (SSSR count). The lowest BCUT2D eigenvalue weighted by Gasteiger charge is -2.30. The van der Waals surface area contributed by atoms with Gasteiger partial charge >= 0.3 is 17.6 Å². The normalized spacial score (nSPS) is 13.1. The van der Waals surface area contributed by atoms with E-state index in [4.69, 9.17) is 19.3 Å². The quantitative estimate of drug-likeness (QED) is 0.0802. The van der Waals surface area contributed by atoms with Crippen LogP contribution >= 0.6 is 0 Å². The number of benzene rings is 4. The first kappa shape index (κ1) is 34.4. The fraction of sp³-hybridized carbons (Fsp3) is 0.175. The molecule has 5 aromatic rings. The van der Waals surface area contributed by atoms with Crippen molar-refractivity contribution in [1.82, 2.24) is 15.1 Å². The van der Waals surface area contributed by atoms with Gasteiger partial charge in [0.1, 0.15) is 13.2 Å². The van der Waals surface area contributed by atoms with E-state index in [2.05, 4.69) is 5.32 Å². The van der Waals surface area contributed by atoms with Crippen molar-refractivity contribution in [2.24, 2.45) is 0 Å². The van der Waals surface area contributed by atoms with Gasteiger partial charge in [-0.25, -0.2) is 14.3 Å². The van der Waals surface area contributed by atoms with Crippen LogP contribution in [0, 0.1) is 10.1 Å². The fourth-order valence-electron chi connectivity index (χ4n) is 6.07. The predicted molar refractivity (Wildman–Crippen MR) is 191 cm³/mol. The molecule has 51 heavy (non-hydrogen) atoms. The number of nitro groups is 1. The summed E-state index contributed by atoms with van der Waals surface area (Å²) in [7, 11) is 0. The third kappa shape index (κ3) is 7.57. The minimum absolute atomic E-state index is 0.000870. The van der Waals surface area contributed by atoms with E-state index in [0.717, 1.165) is 11.1 Å². The Balaban J connectivity index is 1.52. The van der Waals surface area contributed by atoms with Crippen molar-refractivity contribution in [2.45, 2.75) is 39.9 Å². The van der Waals surface area contributed by atoms with Gasteiger partial charge in [-0.3, -0.25) is 10.1 Å². The summed E-state index contributed by atoms with van der Waals surface area (Å²) in [4.78, 5) is 40.0. The highest BCUT2D eigenvalue weighted by Crippen LogP contribution is 2.44. The summed E-state index contributed by atoms with van der Waals surface area (Å²) >= 11 is 0. The van der Waals surface area contributed by atoms with Gasteiger partial charge in [-0.1, -0.05) is 78.9 Å². The molecule has 11 heteroatoms. The maximum atomic E-state index is 14.2. The molecule has 0 fully saturated rings. The molecule has 0 amide bonds. The number of dihydropyridines is 1. The number of ether oxygens (including phenoxy) is 3. The molecule has 0 radical (unpaired) electrons. The molecule has 0 unspecified atom stereocenters. The van der Waals surface area contributed by atoms with Crippen LogP contribution < -0.4 is 10.1 Å². The second-order valence-electron chi connectivity index (χ2n) is 11.8. The number of aromatic nitrogens is 2. The van der Waals surface area contributed by atoms with Gasteiger partial charge in [0.05, 0.1) is 40.0 Å². The van der Waals surface area contributed by atoms with Crippen molar-refractivity contribution in [1.29, 1.82) is 0 Å². The summed E-state index contributed by atoms with van der Waals surface area (Å²) in [5, 5.41) is 20.3. The van der Waals surface area contributed by atoms with E-state index in [1.54, 1.807) is 37.7 Å².